The number of rotatable bonds is 17. The molecule has 0 radical (unpaired) electrons. The van der Waals surface area contributed by atoms with Gasteiger partial charge in [-0.1, -0.05) is 168 Å². The minimum Gasteiger partial charge on any atom is -0.390 e. The molecule has 0 aliphatic rings. The average Bonchev–Trinajstić information content (AvgIpc) is 2.99. The zero-order chi connectivity index (χ0) is 28.0. The van der Waals surface area contributed by atoms with Crippen molar-refractivity contribution >= 4 is 0 Å². The summed E-state index contributed by atoms with van der Waals surface area (Å²) in [5.74, 6) is 0. The second-order valence-corrected chi connectivity index (χ2v) is 10.8. The number of allylic oxidation sites excluding steroid dienone is 1. The van der Waals surface area contributed by atoms with E-state index in [0.29, 0.717) is 6.42 Å². The molecule has 0 aliphatic carbocycles. The quantitative estimate of drug-likeness (QED) is 0.0946. The highest BCUT2D eigenvalue weighted by Gasteiger charge is 2.54. The van der Waals surface area contributed by atoms with Crippen LogP contribution < -0.4 is 0 Å². The van der Waals surface area contributed by atoms with Crippen molar-refractivity contribution in [2.45, 2.75) is 101 Å². The Morgan fingerprint density at radius 1 is 0.615 bits per heavy atom. The third-order valence-corrected chi connectivity index (χ3v) is 8.01. The molecule has 0 aromatic heterocycles. The number of benzene rings is 3. The SMILES string of the molecule is CCCC/C=C/[C@](O)([C@@H](O)CCCCCCCC)[C@@H](O)C(c1ccccc1)(c1ccccc1)c1ccccc1. The van der Waals surface area contributed by atoms with E-state index in [4.69, 9.17) is 0 Å². The van der Waals surface area contributed by atoms with Gasteiger partial charge in [-0.15, -0.1) is 0 Å². The van der Waals surface area contributed by atoms with Gasteiger partial charge in [0.1, 0.15) is 11.7 Å². The van der Waals surface area contributed by atoms with Gasteiger partial charge in [0.25, 0.3) is 0 Å². The van der Waals surface area contributed by atoms with Crippen LogP contribution in [0, 0.1) is 0 Å². The normalized spacial score (nSPS) is 15.2. The summed E-state index contributed by atoms with van der Waals surface area (Å²) in [6.07, 6.45) is 10.9. The van der Waals surface area contributed by atoms with Gasteiger partial charge in [-0.25, -0.2) is 0 Å². The van der Waals surface area contributed by atoms with E-state index in [2.05, 4.69) is 13.8 Å². The molecule has 0 aliphatic heterocycles. The molecule has 0 spiro atoms. The Balaban J connectivity index is 2.14. The molecule has 3 rings (SSSR count). The minimum atomic E-state index is -1.86. The monoisotopic (exact) mass is 528 g/mol. The molecular weight excluding hydrogens is 480 g/mol. The fourth-order valence-corrected chi connectivity index (χ4v) is 5.75. The van der Waals surface area contributed by atoms with E-state index in [1.807, 2.05) is 97.1 Å². The molecule has 3 aromatic rings. The van der Waals surface area contributed by atoms with Gasteiger partial charge in [0, 0.05) is 0 Å². The van der Waals surface area contributed by atoms with Crippen molar-refractivity contribution in [1.29, 1.82) is 0 Å². The van der Waals surface area contributed by atoms with Crippen molar-refractivity contribution in [1.82, 2.24) is 0 Å². The highest BCUT2D eigenvalue weighted by atomic mass is 16.4. The number of hydrogen-bond donors (Lipinski definition) is 3. The molecule has 0 saturated heterocycles. The summed E-state index contributed by atoms with van der Waals surface area (Å²) in [6.45, 7) is 4.34. The molecule has 39 heavy (non-hydrogen) atoms. The van der Waals surface area contributed by atoms with Crippen molar-refractivity contribution < 1.29 is 15.3 Å². The standard InChI is InChI=1S/C36H48O3/c1-3-5-7-9-10-20-28-33(37)35(39,29-21-8-6-4-2)34(38)36(30-22-14-11-15-23-30,31-24-16-12-17-25-31)32-26-18-13-19-27-32/h11-19,21-27,29,33-34,37-39H,3-10,20,28H2,1-2H3/b29-21+/t33-,34+,35-/m0/s1. The predicted molar refractivity (Wildman–Crippen MR) is 163 cm³/mol. The topological polar surface area (TPSA) is 60.7 Å². The molecule has 0 unspecified atom stereocenters. The molecule has 0 bridgehead atoms. The summed E-state index contributed by atoms with van der Waals surface area (Å²) in [5, 5.41) is 36.6. The van der Waals surface area contributed by atoms with Crippen molar-refractivity contribution in [3.8, 4) is 0 Å². The van der Waals surface area contributed by atoms with Crippen molar-refractivity contribution in [3.63, 3.8) is 0 Å². The van der Waals surface area contributed by atoms with E-state index < -0.39 is 23.2 Å². The number of aliphatic hydroxyl groups is 3. The smallest absolute Gasteiger partial charge is 0.136 e. The first-order chi connectivity index (χ1) is 19.0. The Bertz CT molecular complexity index is 983. The third kappa shape index (κ3) is 7.48. The highest BCUT2D eigenvalue weighted by Crippen LogP contribution is 2.47. The van der Waals surface area contributed by atoms with Gasteiger partial charge in [-0.05, 0) is 29.5 Å². The lowest BCUT2D eigenvalue weighted by Gasteiger charge is -2.47. The molecule has 3 atom stereocenters. The molecule has 0 saturated carbocycles. The Morgan fingerprint density at radius 3 is 1.51 bits per heavy atom. The lowest BCUT2D eigenvalue weighted by molar-refractivity contribution is -0.132. The van der Waals surface area contributed by atoms with Gasteiger partial charge in [-0.3, -0.25) is 0 Å². The van der Waals surface area contributed by atoms with Crippen LogP contribution in [0.2, 0.25) is 0 Å². The maximum Gasteiger partial charge on any atom is 0.136 e. The summed E-state index contributed by atoms with van der Waals surface area (Å²) in [7, 11) is 0. The Morgan fingerprint density at radius 2 is 1.05 bits per heavy atom. The lowest BCUT2D eigenvalue weighted by atomic mass is 9.60. The largest absolute Gasteiger partial charge is 0.390 e. The Labute approximate surface area is 236 Å². The number of hydrogen-bond acceptors (Lipinski definition) is 3. The fourth-order valence-electron chi connectivity index (χ4n) is 5.75. The molecule has 0 amide bonds. The van der Waals surface area contributed by atoms with Gasteiger partial charge >= 0.3 is 0 Å². The van der Waals surface area contributed by atoms with E-state index >= 15 is 0 Å². The first kappa shape index (κ1) is 30.8. The average molecular weight is 529 g/mol. The molecule has 0 heterocycles. The summed E-state index contributed by atoms with van der Waals surface area (Å²) < 4.78 is 0. The van der Waals surface area contributed by atoms with Crippen molar-refractivity contribution in [2.75, 3.05) is 0 Å². The van der Waals surface area contributed by atoms with E-state index in [1.54, 1.807) is 6.08 Å². The molecule has 3 nitrogen and oxygen atoms in total. The van der Waals surface area contributed by atoms with Crippen LogP contribution >= 0.6 is 0 Å². The zero-order valence-corrected chi connectivity index (χ0v) is 23.9. The zero-order valence-electron chi connectivity index (χ0n) is 23.9. The van der Waals surface area contributed by atoms with Gasteiger partial charge < -0.3 is 15.3 Å². The molecule has 0 fully saturated rings. The van der Waals surface area contributed by atoms with E-state index in [9.17, 15) is 15.3 Å². The van der Waals surface area contributed by atoms with E-state index in [-0.39, 0.29) is 0 Å². The first-order valence-corrected chi connectivity index (χ1v) is 14.9. The van der Waals surface area contributed by atoms with Crippen LogP contribution in [-0.4, -0.2) is 33.1 Å². The number of unbranched alkanes of at least 4 members (excludes halogenated alkanes) is 7. The third-order valence-electron chi connectivity index (χ3n) is 8.01. The molecule has 3 N–H and O–H groups in total. The van der Waals surface area contributed by atoms with Crippen molar-refractivity contribution in [2.24, 2.45) is 0 Å². The van der Waals surface area contributed by atoms with Crippen LogP contribution in [0.5, 0.6) is 0 Å². The lowest BCUT2D eigenvalue weighted by Crippen LogP contribution is -2.60. The highest BCUT2D eigenvalue weighted by molar-refractivity contribution is 5.53. The van der Waals surface area contributed by atoms with Crippen LogP contribution in [0.1, 0.15) is 94.7 Å². The maximum atomic E-state index is 12.6. The molecule has 3 aromatic carbocycles. The van der Waals surface area contributed by atoms with Gasteiger partial charge in [-0.2, -0.15) is 0 Å². The minimum absolute atomic E-state index is 0.423. The van der Waals surface area contributed by atoms with Crippen LogP contribution in [0.3, 0.4) is 0 Å². The number of aliphatic hydroxyl groups excluding tert-OH is 2. The van der Waals surface area contributed by atoms with Crippen LogP contribution in [-0.2, 0) is 5.41 Å². The summed E-state index contributed by atoms with van der Waals surface area (Å²) in [4.78, 5) is 0. The predicted octanol–water partition coefficient (Wildman–Crippen LogP) is 7.97. The summed E-state index contributed by atoms with van der Waals surface area (Å²) >= 11 is 0. The fraction of sp³-hybridized carbons (Fsp3) is 0.444. The Hall–Kier alpha value is -2.72. The van der Waals surface area contributed by atoms with Crippen molar-refractivity contribution in [3.05, 3.63) is 120 Å². The second-order valence-electron chi connectivity index (χ2n) is 10.8. The van der Waals surface area contributed by atoms with E-state index in [1.165, 1.54) is 19.3 Å². The van der Waals surface area contributed by atoms with Gasteiger partial charge in [0.15, 0.2) is 0 Å². The van der Waals surface area contributed by atoms with Crippen LogP contribution in [0.15, 0.2) is 103 Å². The van der Waals surface area contributed by atoms with E-state index in [0.717, 1.165) is 55.2 Å². The van der Waals surface area contributed by atoms with Crippen LogP contribution in [0.25, 0.3) is 0 Å². The Kier molecular flexibility index (Phi) is 12.5. The van der Waals surface area contributed by atoms with Crippen LogP contribution in [0.4, 0.5) is 0 Å². The molecule has 210 valence electrons. The molecule has 3 heteroatoms. The second kappa shape index (κ2) is 15.8. The summed E-state index contributed by atoms with van der Waals surface area (Å²) in [5.41, 5.74) is -0.389. The van der Waals surface area contributed by atoms with Gasteiger partial charge in [0.05, 0.1) is 11.5 Å². The van der Waals surface area contributed by atoms with Gasteiger partial charge in [0.2, 0.25) is 0 Å². The summed E-state index contributed by atoms with van der Waals surface area (Å²) in [6, 6.07) is 29.7. The maximum absolute atomic E-state index is 12.6. The molecular formula is C36H48O3. The first-order valence-electron chi connectivity index (χ1n) is 14.9.